The van der Waals surface area contributed by atoms with Gasteiger partial charge in [-0.25, -0.2) is 0 Å². The number of rotatable bonds is 8. The first kappa shape index (κ1) is 43.7. The summed E-state index contributed by atoms with van der Waals surface area (Å²) in [5.41, 5.74) is 0.169. The molecule has 2 saturated heterocycles. The van der Waals surface area contributed by atoms with E-state index in [2.05, 4.69) is 43.2 Å². The van der Waals surface area contributed by atoms with Crippen molar-refractivity contribution in [3.8, 4) is 0 Å². The van der Waals surface area contributed by atoms with Crippen molar-refractivity contribution < 1.29 is 19.2 Å². The molecule has 0 radical (unpaired) electrons. The zero-order valence-corrected chi connectivity index (χ0v) is 30.9. The molecule has 2 unspecified atom stereocenters. The van der Waals surface area contributed by atoms with E-state index in [0.717, 1.165) is 51.7 Å². The molecule has 0 aromatic heterocycles. The van der Waals surface area contributed by atoms with Crippen LogP contribution in [0.2, 0.25) is 0 Å². The molecule has 9 heteroatoms. The van der Waals surface area contributed by atoms with Crippen LogP contribution < -0.4 is 10.6 Å². The van der Waals surface area contributed by atoms with E-state index in [1.54, 1.807) is 11.9 Å². The first-order valence-electron chi connectivity index (χ1n) is 16.9. The Morgan fingerprint density at radius 2 is 1.43 bits per heavy atom. The van der Waals surface area contributed by atoms with Gasteiger partial charge in [-0.05, 0) is 79.2 Å². The summed E-state index contributed by atoms with van der Waals surface area (Å²) in [4.78, 5) is 54.5. The molecular formula is C35H69N5O4. The zero-order valence-electron chi connectivity index (χ0n) is 30.9. The van der Waals surface area contributed by atoms with Gasteiger partial charge in [0.15, 0.2) is 0 Å². The minimum Gasteiger partial charge on any atom is -0.354 e. The summed E-state index contributed by atoms with van der Waals surface area (Å²) in [6, 6.07) is -0.523. The van der Waals surface area contributed by atoms with Gasteiger partial charge in [0.2, 0.25) is 24.1 Å². The number of hydrogen-bond donors (Lipinski definition) is 2. The first-order valence-corrected chi connectivity index (χ1v) is 16.9. The molecular weight excluding hydrogens is 554 g/mol. The molecule has 2 rings (SSSR count). The number of piperidine rings is 1. The molecule has 0 saturated carbocycles. The van der Waals surface area contributed by atoms with Gasteiger partial charge in [-0.3, -0.25) is 24.1 Å². The molecule has 258 valence electrons. The van der Waals surface area contributed by atoms with Gasteiger partial charge < -0.3 is 20.4 Å². The molecule has 2 fully saturated rings. The fraction of sp³-hybridized carbons (Fsp3) is 0.829. The van der Waals surface area contributed by atoms with E-state index in [0.29, 0.717) is 24.6 Å². The van der Waals surface area contributed by atoms with Gasteiger partial charge in [0.25, 0.3) is 0 Å². The summed E-state index contributed by atoms with van der Waals surface area (Å²) in [7, 11) is 1.73. The van der Waals surface area contributed by atoms with Crippen molar-refractivity contribution in [2.24, 2.45) is 5.41 Å². The average Bonchev–Trinajstić information content (AvgIpc) is 3.49. The maximum Gasteiger partial charge on any atom is 0.249 e. The topological polar surface area (TPSA) is 102 Å². The van der Waals surface area contributed by atoms with Crippen LogP contribution in [0, 0.1) is 5.41 Å². The third-order valence-corrected chi connectivity index (χ3v) is 7.18. The van der Waals surface area contributed by atoms with E-state index in [1.165, 1.54) is 6.42 Å². The summed E-state index contributed by atoms with van der Waals surface area (Å²) >= 11 is 0. The number of carbonyl (C=O) groups excluding carboxylic acids is 4. The fourth-order valence-electron chi connectivity index (χ4n) is 4.76. The molecule has 2 aliphatic rings. The van der Waals surface area contributed by atoms with Crippen molar-refractivity contribution in [2.75, 3.05) is 33.2 Å². The lowest BCUT2D eigenvalue weighted by Crippen LogP contribution is -2.59. The Morgan fingerprint density at radius 1 is 0.932 bits per heavy atom. The van der Waals surface area contributed by atoms with Crippen LogP contribution in [-0.4, -0.2) is 95.7 Å². The average molecular weight is 624 g/mol. The molecule has 0 aliphatic carbocycles. The van der Waals surface area contributed by atoms with Crippen LogP contribution in [0.1, 0.15) is 129 Å². The van der Waals surface area contributed by atoms with E-state index in [1.807, 2.05) is 73.3 Å². The Kier molecular flexibility index (Phi) is 22.0. The second-order valence-corrected chi connectivity index (χ2v) is 14.0. The molecule has 44 heavy (non-hydrogen) atoms. The minimum atomic E-state index is -0.626. The van der Waals surface area contributed by atoms with Crippen LogP contribution in [0.5, 0.6) is 0 Å². The Balaban J connectivity index is 0. The van der Waals surface area contributed by atoms with E-state index >= 15 is 0 Å². The van der Waals surface area contributed by atoms with Crippen LogP contribution in [0.3, 0.4) is 0 Å². The molecule has 0 aromatic rings. The first-order chi connectivity index (χ1) is 20.4. The van der Waals surface area contributed by atoms with Gasteiger partial charge in [-0.2, -0.15) is 0 Å². The highest BCUT2D eigenvalue weighted by molar-refractivity contribution is 5.93. The predicted molar refractivity (Wildman–Crippen MR) is 184 cm³/mol. The third kappa shape index (κ3) is 17.2. The minimum absolute atomic E-state index is 0.0510. The summed E-state index contributed by atoms with van der Waals surface area (Å²) in [5, 5.41) is 5.68. The van der Waals surface area contributed by atoms with Gasteiger partial charge in [0, 0.05) is 43.8 Å². The van der Waals surface area contributed by atoms with Crippen LogP contribution >= 0.6 is 0 Å². The molecule has 2 heterocycles. The number of hydrogen-bond acceptors (Lipinski definition) is 5. The van der Waals surface area contributed by atoms with E-state index in [9.17, 15) is 19.2 Å². The molecule has 4 amide bonds. The normalized spacial score (nSPS) is 17.9. The highest BCUT2D eigenvalue weighted by Gasteiger charge is 2.38. The lowest BCUT2D eigenvalue weighted by molar-refractivity contribution is -0.140. The van der Waals surface area contributed by atoms with Crippen molar-refractivity contribution in [2.45, 2.75) is 152 Å². The number of likely N-dealkylation sites (tertiary alicyclic amines) is 2. The van der Waals surface area contributed by atoms with Gasteiger partial charge >= 0.3 is 0 Å². The third-order valence-electron chi connectivity index (χ3n) is 7.18. The lowest BCUT2D eigenvalue weighted by atomic mass is 9.85. The summed E-state index contributed by atoms with van der Waals surface area (Å²) < 4.78 is 0. The number of likely N-dealkylation sites (N-methyl/N-ethyl adjacent to an activating group) is 1. The summed E-state index contributed by atoms with van der Waals surface area (Å²) in [5.74, 6) is -0.137. The lowest BCUT2D eigenvalue weighted by Gasteiger charge is -2.40. The second kappa shape index (κ2) is 22.1. The highest BCUT2D eigenvalue weighted by atomic mass is 16.2. The Morgan fingerprint density at radius 3 is 1.84 bits per heavy atom. The Bertz CT molecular complexity index is 867. The fourth-order valence-corrected chi connectivity index (χ4v) is 4.76. The van der Waals surface area contributed by atoms with Gasteiger partial charge in [0.05, 0.1) is 6.04 Å². The predicted octanol–water partition coefficient (Wildman–Crippen LogP) is 5.78. The number of carbonyl (C=O) groups is 4. The van der Waals surface area contributed by atoms with E-state index in [-0.39, 0.29) is 29.3 Å². The van der Waals surface area contributed by atoms with Crippen LogP contribution in [-0.2, 0) is 19.2 Å². The number of amides is 4. The van der Waals surface area contributed by atoms with Crippen LogP contribution in [0.15, 0.2) is 11.6 Å². The number of nitrogens with zero attached hydrogens (tertiary/aromatic N) is 3. The SMILES string of the molecule is C/C(=C\CN(C)C(=O)C(NC(=O)C1CCCCN1C(C)C)C(C)(C)C)C(=O)N1CCCC1.CC.CC(C)(C)NC=O.CCC. The summed E-state index contributed by atoms with van der Waals surface area (Å²) in [6.07, 6.45) is 8.85. The summed E-state index contributed by atoms with van der Waals surface area (Å²) in [6.45, 7) is 28.9. The highest BCUT2D eigenvalue weighted by Crippen LogP contribution is 2.24. The standard InChI is InChI=1S/C25H44N4O3.C5H11NO.C3H8.C2H6/c1-18(2)29-16-9-8-12-20(29)22(30)26-21(25(4,5)6)24(32)27(7)17-13-19(3)23(31)28-14-10-11-15-28;1-5(2,3)6-4-7;1-3-2;1-2/h13,18,20-21H,8-12,14-17H2,1-7H3,(H,26,30);4H,1-3H3,(H,6,7);3H2,1-2H3;1-2H3/b19-13+;;;. The molecule has 0 aromatic carbocycles. The zero-order chi connectivity index (χ0) is 34.7. The van der Waals surface area contributed by atoms with Gasteiger partial charge in [0.1, 0.15) is 6.04 Å². The maximum absolute atomic E-state index is 13.3. The van der Waals surface area contributed by atoms with Crippen molar-refractivity contribution in [1.29, 1.82) is 0 Å². The molecule has 0 bridgehead atoms. The Hall–Kier alpha value is -2.42. The smallest absolute Gasteiger partial charge is 0.249 e. The quantitative estimate of drug-likeness (QED) is 0.264. The molecule has 9 nitrogen and oxygen atoms in total. The molecule has 0 spiro atoms. The van der Waals surface area contributed by atoms with Crippen molar-refractivity contribution in [3.63, 3.8) is 0 Å². The van der Waals surface area contributed by atoms with Crippen LogP contribution in [0.25, 0.3) is 0 Å². The van der Waals surface area contributed by atoms with Crippen molar-refractivity contribution >= 4 is 24.1 Å². The van der Waals surface area contributed by atoms with Gasteiger partial charge in [-0.1, -0.05) is 67.4 Å². The van der Waals surface area contributed by atoms with Gasteiger partial charge in [-0.15, -0.1) is 0 Å². The largest absolute Gasteiger partial charge is 0.354 e. The van der Waals surface area contributed by atoms with Crippen molar-refractivity contribution in [1.82, 2.24) is 25.3 Å². The second-order valence-electron chi connectivity index (χ2n) is 14.0. The number of nitrogens with one attached hydrogen (secondary N) is 2. The van der Waals surface area contributed by atoms with E-state index in [4.69, 9.17) is 0 Å². The molecule has 2 N–H and O–H groups in total. The monoisotopic (exact) mass is 624 g/mol. The van der Waals surface area contributed by atoms with Crippen molar-refractivity contribution in [3.05, 3.63) is 11.6 Å². The maximum atomic E-state index is 13.3. The molecule has 2 aliphatic heterocycles. The van der Waals surface area contributed by atoms with E-state index < -0.39 is 11.5 Å². The Labute approximate surface area is 270 Å². The van der Waals surface area contributed by atoms with Crippen LogP contribution in [0.4, 0.5) is 0 Å². The molecule has 2 atom stereocenters.